The van der Waals surface area contributed by atoms with Crippen LogP contribution in [0.1, 0.15) is 34.6 Å². The number of allylic oxidation sites excluding steroid dienone is 5. The number of rotatable bonds is 5. The second kappa shape index (κ2) is 12.2. The van der Waals surface area contributed by atoms with Gasteiger partial charge in [0.15, 0.2) is 0 Å². The van der Waals surface area contributed by atoms with Gasteiger partial charge in [-0.05, 0) is 88.0 Å². The minimum absolute atomic E-state index is 0.269. The Labute approximate surface area is 318 Å². The third-order valence-electron chi connectivity index (χ3n) is 11.5. The summed E-state index contributed by atoms with van der Waals surface area (Å²) in [4.78, 5) is 2.49. The molecule has 0 N–H and O–H groups in total. The van der Waals surface area contributed by atoms with Crippen LogP contribution in [-0.4, -0.2) is 4.57 Å². The summed E-state index contributed by atoms with van der Waals surface area (Å²) < 4.78 is 5.18. The van der Waals surface area contributed by atoms with Crippen LogP contribution in [-0.2, 0) is 6.54 Å². The molecular formula is C51H34N2S. The van der Waals surface area contributed by atoms with Crippen molar-refractivity contribution < 1.29 is 0 Å². The molecule has 2 aromatic heterocycles. The van der Waals surface area contributed by atoms with E-state index in [9.17, 15) is 0 Å². The maximum atomic E-state index is 5.85. The molecule has 11 rings (SSSR count). The third kappa shape index (κ3) is 4.67. The molecule has 0 saturated heterocycles. The van der Waals surface area contributed by atoms with Gasteiger partial charge in [0.1, 0.15) is 0 Å². The topological polar surface area (TPSA) is 8.17 Å². The number of aromatic nitrogens is 1. The summed E-state index contributed by atoms with van der Waals surface area (Å²) in [5.74, 6) is 3.11. The molecule has 7 aromatic carbocycles. The van der Waals surface area contributed by atoms with Crippen molar-refractivity contribution in [3.05, 3.63) is 192 Å². The van der Waals surface area contributed by atoms with E-state index in [2.05, 4.69) is 167 Å². The number of thiophene rings is 1. The molecule has 0 amide bonds. The van der Waals surface area contributed by atoms with E-state index in [0.717, 1.165) is 24.1 Å². The number of nitrogens with zero attached hydrogens (tertiary/aromatic N) is 2. The number of anilines is 2. The Morgan fingerprint density at radius 3 is 2.43 bits per heavy atom. The van der Waals surface area contributed by atoms with Crippen molar-refractivity contribution in [1.29, 1.82) is 0 Å². The Morgan fingerprint density at radius 1 is 0.722 bits per heavy atom. The van der Waals surface area contributed by atoms with Crippen molar-refractivity contribution in [3.63, 3.8) is 0 Å². The van der Waals surface area contributed by atoms with Gasteiger partial charge >= 0.3 is 0 Å². The molecule has 3 heteroatoms. The lowest BCUT2D eigenvalue weighted by molar-refractivity contribution is 0.833. The number of benzene rings is 7. The molecule has 2 aliphatic rings. The van der Waals surface area contributed by atoms with Gasteiger partial charge in [0.05, 0.1) is 5.52 Å². The van der Waals surface area contributed by atoms with Crippen molar-refractivity contribution in [2.75, 3.05) is 4.90 Å². The van der Waals surface area contributed by atoms with Crippen molar-refractivity contribution >= 4 is 87.1 Å². The summed E-state index contributed by atoms with van der Waals surface area (Å²) in [5.41, 5.74) is 12.5. The van der Waals surface area contributed by atoms with Gasteiger partial charge < -0.3 is 9.47 Å². The predicted octanol–water partition coefficient (Wildman–Crippen LogP) is 13.6. The first-order valence-corrected chi connectivity index (χ1v) is 19.4. The fourth-order valence-electron chi connectivity index (χ4n) is 9.04. The molecule has 1 aliphatic carbocycles. The van der Waals surface area contributed by atoms with Crippen LogP contribution in [0.3, 0.4) is 0 Å². The molecule has 0 radical (unpaired) electrons. The summed E-state index contributed by atoms with van der Waals surface area (Å²) in [6, 6.07) is 53.0. The van der Waals surface area contributed by atoms with Crippen LogP contribution in [0.2, 0.25) is 0 Å². The van der Waals surface area contributed by atoms with Gasteiger partial charge in [-0.2, -0.15) is 0 Å². The highest BCUT2D eigenvalue weighted by atomic mass is 32.1. The number of hydrogen-bond donors (Lipinski definition) is 0. The van der Waals surface area contributed by atoms with Crippen LogP contribution in [0, 0.1) is 12.3 Å². The van der Waals surface area contributed by atoms with Crippen molar-refractivity contribution in [1.82, 2.24) is 4.57 Å². The zero-order valence-corrected chi connectivity index (χ0v) is 30.4. The van der Waals surface area contributed by atoms with E-state index in [-0.39, 0.29) is 5.92 Å². The highest BCUT2D eigenvalue weighted by Gasteiger charge is 2.37. The molecule has 1 aliphatic heterocycles. The molecule has 54 heavy (non-hydrogen) atoms. The molecule has 0 saturated carbocycles. The summed E-state index contributed by atoms with van der Waals surface area (Å²) in [6.45, 7) is 0.736. The lowest BCUT2D eigenvalue weighted by Crippen LogP contribution is -2.15. The molecule has 2 nitrogen and oxygen atoms in total. The molecule has 1 atom stereocenters. The van der Waals surface area contributed by atoms with Crippen LogP contribution in [0.25, 0.3) is 64.4 Å². The third-order valence-corrected chi connectivity index (χ3v) is 12.7. The summed E-state index contributed by atoms with van der Waals surface area (Å²) in [6.07, 6.45) is 16.0. The minimum Gasteiger partial charge on any atom is -0.336 e. The Bertz CT molecular complexity index is 3140. The van der Waals surface area contributed by atoms with E-state index in [1.807, 2.05) is 29.5 Å². The Hall–Kier alpha value is -6.60. The first kappa shape index (κ1) is 31.0. The lowest BCUT2D eigenvalue weighted by Gasteiger charge is -2.27. The van der Waals surface area contributed by atoms with Gasteiger partial charge in [-0.1, -0.05) is 127 Å². The van der Waals surface area contributed by atoms with E-state index < -0.39 is 0 Å². The molecule has 0 bridgehead atoms. The summed E-state index contributed by atoms with van der Waals surface area (Å²) in [7, 11) is 0. The lowest BCUT2D eigenvalue weighted by atomic mass is 9.84. The maximum absolute atomic E-state index is 5.85. The molecule has 0 spiro atoms. The second-order valence-corrected chi connectivity index (χ2v) is 15.4. The largest absolute Gasteiger partial charge is 0.336 e. The molecular weight excluding hydrogens is 673 g/mol. The van der Waals surface area contributed by atoms with Crippen LogP contribution >= 0.6 is 11.3 Å². The van der Waals surface area contributed by atoms with Gasteiger partial charge in [-0.15, -0.1) is 17.8 Å². The van der Waals surface area contributed by atoms with E-state index >= 15 is 0 Å². The van der Waals surface area contributed by atoms with Gasteiger partial charge in [0.25, 0.3) is 0 Å². The van der Waals surface area contributed by atoms with Crippen LogP contribution in [0.4, 0.5) is 11.4 Å². The second-order valence-electron chi connectivity index (χ2n) is 14.4. The average Bonchev–Trinajstić information content (AvgIpc) is 3.88. The zero-order valence-electron chi connectivity index (χ0n) is 29.5. The fraction of sp³-hybridized carbons (Fsp3) is 0.0588. The van der Waals surface area contributed by atoms with Gasteiger partial charge in [-0.3, -0.25) is 0 Å². The first-order chi connectivity index (χ1) is 26.7. The summed E-state index contributed by atoms with van der Waals surface area (Å²) >= 11 is 1.92. The van der Waals surface area contributed by atoms with Crippen LogP contribution in [0.5, 0.6) is 0 Å². The Kier molecular flexibility index (Phi) is 7.02. The van der Waals surface area contributed by atoms with Gasteiger partial charge in [0, 0.05) is 71.6 Å². The molecule has 0 fully saturated rings. The normalized spacial score (nSPS) is 15.3. The fourth-order valence-corrected chi connectivity index (χ4v) is 10.3. The number of fused-ring (bicyclic) bond motifs is 11. The predicted molar refractivity (Wildman–Crippen MR) is 232 cm³/mol. The number of hydrogen-bond acceptors (Lipinski definition) is 2. The molecule has 1 unspecified atom stereocenters. The van der Waals surface area contributed by atoms with E-state index in [1.54, 1.807) is 0 Å². The van der Waals surface area contributed by atoms with Crippen LogP contribution < -0.4 is 4.90 Å². The summed E-state index contributed by atoms with van der Waals surface area (Å²) in [5, 5.41) is 7.77. The average molecular weight is 707 g/mol. The van der Waals surface area contributed by atoms with Crippen LogP contribution in [0.15, 0.2) is 170 Å². The monoisotopic (exact) mass is 706 g/mol. The van der Waals surface area contributed by atoms with E-state index in [1.165, 1.54) is 86.5 Å². The highest BCUT2D eigenvalue weighted by molar-refractivity contribution is 7.26. The van der Waals surface area contributed by atoms with Crippen molar-refractivity contribution in [2.24, 2.45) is 0 Å². The standard InChI is InChI=1S/C51H34N2S/c1-2-33-14-3-4-15-34(33)18-13-29-52-45-22-10-7-20-40(45)44-32-42(51-49(50(44)52)41-21-9-12-24-48(41)54-51)37-26-28-47-43(31-37)39-19-8-11-23-46(39)53(47)38-27-25-35-16-5-6-17-36(35)30-38/h1,3-28,30,32,43H,29,31H2/b18-13-. The minimum atomic E-state index is 0.269. The smallest absolute Gasteiger partial charge is 0.0589 e. The van der Waals surface area contributed by atoms with Gasteiger partial charge in [-0.25, -0.2) is 0 Å². The maximum Gasteiger partial charge on any atom is 0.0589 e. The number of terminal acetylenes is 1. The molecule has 254 valence electrons. The Balaban J connectivity index is 1.10. The first-order valence-electron chi connectivity index (χ1n) is 18.6. The molecule has 9 aromatic rings. The zero-order chi connectivity index (χ0) is 35.8. The number of para-hydroxylation sites is 2. The quantitative estimate of drug-likeness (QED) is 0.162. The SMILES string of the molecule is C#Cc1ccccc1/C=C\Cn1c2ccccc2c2cc(C3=CC=C4C(C3)c3ccccc3N4c3ccc4ccccc4c3)c3sc4ccccc4c3c21. The van der Waals surface area contributed by atoms with E-state index in [4.69, 9.17) is 6.42 Å². The van der Waals surface area contributed by atoms with Gasteiger partial charge in [0.2, 0.25) is 0 Å². The molecule has 3 heterocycles. The van der Waals surface area contributed by atoms with E-state index in [0.29, 0.717) is 0 Å². The van der Waals surface area contributed by atoms with Crippen molar-refractivity contribution in [3.8, 4) is 12.3 Å². The van der Waals surface area contributed by atoms with Crippen molar-refractivity contribution in [2.45, 2.75) is 18.9 Å². The Morgan fingerprint density at radius 2 is 1.50 bits per heavy atom. The highest BCUT2D eigenvalue weighted by Crippen LogP contribution is 2.54.